The van der Waals surface area contributed by atoms with Gasteiger partial charge in [-0.05, 0) is 24.6 Å². The second kappa shape index (κ2) is 9.09. The third-order valence-electron chi connectivity index (χ3n) is 4.00. The average molecular weight is 392 g/mol. The van der Waals surface area contributed by atoms with Crippen molar-refractivity contribution in [2.75, 3.05) is 5.88 Å². The summed E-state index contributed by atoms with van der Waals surface area (Å²) >= 11 is 5.65. The highest BCUT2D eigenvalue weighted by Crippen LogP contribution is 2.29. The first-order chi connectivity index (χ1) is 12.4. The highest BCUT2D eigenvalue weighted by Gasteiger charge is 2.27. The van der Waals surface area contributed by atoms with E-state index in [0.717, 1.165) is 10.4 Å². The van der Waals surface area contributed by atoms with Gasteiger partial charge in [0.25, 0.3) is 10.0 Å². The molecule has 0 radical (unpaired) electrons. The first-order valence-electron chi connectivity index (χ1n) is 8.30. The maximum Gasteiger partial charge on any atom is 0.267 e. The number of halogens is 1. The smallest absolute Gasteiger partial charge is 0.267 e. The summed E-state index contributed by atoms with van der Waals surface area (Å²) in [6.45, 7) is 5.46. The van der Waals surface area contributed by atoms with Gasteiger partial charge in [0, 0.05) is 30.0 Å². The molecule has 0 saturated carbocycles. The van der Waals surface area contributed by atoms with Crippen molar-refractivity contribution < 1.29 is 13.5 Å². The fourth-order valence-electron chi connectivity index (χ4n) is 2.43. The minimum Gasteiger partial charge on any atom is -0.386 e. The number of hydrogen-bond donors (Lipinski definition) is 1. The maximum absolute atomic E-state index is 13.0. The van der Waals surface area contributed by atoms with E-state index in [0.29, 0.717) is 17.9 Å². The number of alkyl halides is 1. The summed E-state index contributed by atoms with van der Waals surface area (Å²) in [7, 11) is -3.84. The van der Waals surface area contributed by atoms with Crippen LogP contribution in [0, 0.1) is 17.8 Å². The Morgan fingerprint density at radius 3 is 2.62 bits per heavy atom. The van der Waals surface area contributed by atoms with E-state index in [1.165, 1.54) is 18.3 Å². The first-order valence-corrected chi connectivity index (χ1v) is 10.3. The molecule has 6 heteroatoms. The van der Waals surface area contributed by atoms with Crippen molar-refractivity contribution in [3.63, 3.8) is 0 Å². The summed E-state index contributed by atoms with van der Waals surface area (Å²) < 4.78 is 27.1. The minimum absolute atomic E-state index is 0.150. The van der Waals surface area contributed by atoms with E-state index in [4.69, 9.17) is 11.6 Å². The van der Waals surface area contributed by atoms with E-state index in [1.54, 1.807) is 37.3 Å². The largest absolute Gasteiger partial charge is 0.386 e. The number of aliphatic hydroxyl groups excluding tert-OH is 1. The van der Waals surface area contributed by atoms with Gasteiger partial charge < -0.3 is 5.11 Å². The molecule has 0 fully saturated rings. The molecule has 1 aromatic heterocycles. The Morgan fingerprint density at radius 1 is 1.31 bits per heavy atom. The molecular weight excluding hydrogens is 370 g/mol. The van der Waals surface area contributed by atoms with Crippen LogP contribution in [0.5, 0.6) is 0 Å². The average Bonchev–Trinajstić information content (AvgIpc) is 3.09. The molecule has 0 bridgehead atoms. The van der Waals surface area contributed by atoms with Gasteiger partial charge in [0.05, 0.1) is 10.6 Å². The van der Waals surface area contributed by atoms with Gasteiger partial charge in [0.1, 0.15) is 6.10 Å². The molecule has 0 amide bonds. The van der Waals surface area contributed by atoms with Gasteiger partial charge >= 0.3 is 0 Å². The van der Waals surface area contributed by atoms with Gasteiger partial charge in [-0.1, -0.05) is 43.0 Å². The van der Waals surface area contributed by atoms with Crippen LogP contribution in [-0.2, 0) is 10.0 Å². The summed E-state index contributed by atoms with van der Waals surface area (Å²) in [6, 6.07) is 9.72. The molecule has 0 saturated heterocycles. The van der Waals surface area contributed by atoms with Crippen molar-refractivity contribution in [1.29, 1.82) is 0 Å². The summed E-state index contributed by atoms with van der Waals surface area (Å²) in [5.74, 6) is 6.12. The van der Waals surface area contributed by atoms with Gasteiger partial charge in [0.15, 0.2) is 0 Å². The van der Waals surface area contributed by atoms with Crippen molar-refractivity contribution in [1.82, 2.24) is 3.97 Å². The van der Waals surface area contributed by atoms with Gasteiger partial charge in [-0.2, -0.15) is 0 Å². The zero-order valence-corrected chi connectivity index (χ0v) is 16.2. The lowest BCUT2D eigenvalue weighted by Crippen LogP contribution is -2.20. The first kappa shape index (κ1) is 20.3. The van der Waals surface area contributed by atoms with E-state index < -0.39 is 16.1 Å². The normalized spacial score (nSPS) is 13.5. The van der Waals surface area contributed by atoms with Crippen molar-refractivity contribution in [3.05, 3.63) is 66.5 Å². The van der Waals surface area contributed by atoms with E-state index in [1.807, 2.05) is 0 Å². The molecule has 138 valence electrons. The molecule has 1 aromatic carbocycles. The molecule has 4 nitrogen and oxygen atoms in total. The van der Waals surface area contributed by atoms with Gasteiger partial charge in [-0.25, -0.2) is 12.4 Å². The Hall–Kier alpha value is -2.00. The van der Waals surface area contributed by atoms with Crippen LogP contribution in [-0.4, -0.2) is 23.4 Å². The highest BCUT2D eigenvalue weighted by molar-refractivity contribution is 7.90. The predicted molar refractivity (Wildman–Crippen MR) is 105 cm³/mol. The van der Waals surface area contributed by atoms with Crippen LogP contribution in [0.1, 0.15) is 37.1 Å². The molecule has 1 N–H and O–H groups in total. The second-order valence-corrected chi connectivity index (χ2v) is 8.06. The summed E-state index contributed by atoms with van der Waals surface area (Å²) in [6.07, 6.45) is 3.33. The van der Waals surface area contributed by atoms with Crippen molar-refractivity contribution in [2.24, 2.45) is 5.92 Å². The molecule has 0 aliphatic carbocycles. The van der Waals surface area contributed by atoms with E-state index in [9.17, 15) is 13.5 Å². The molecule has 0 spiro atoms. The monoisotopic (exact) mass is 391 g/mol. The number of nitrogens with zero attached hydrogens (tertiary/aromatic N) is 1. The molecule has 2 aromatic rings. The highest BCUT2D eigenvalue weighted by atomic mass is 35.5. The van der Waals surface area contributed by atoms with Gasteiger partial charge in [-0.3, -0.25) is 0 Å². The number of rotatable bonds is 7. The Morgan fingerprint density at radius 2 is 2.00 bits per heavy atom. The van der Waals surface area contributed by atoms with Gasteiger partial charge in [0.2, 0.25) is 0 Å². The summed E-state index contributed by atoms with van der Waals surface area (Å²) in [5.41, 5.74) is 0.736. The predicted octanol–water partition coefficient (Wildman–Crippen LogP) is 3.95. The van der Waals surface area contributed by atoms with E-state index in [2.05, 4.69) is 18.4 Å². The van der Waals surface area contributed by atoms with Crippen LogP contribution in [0.2, 0.25) is 0 Å². The zero-order chi connectivity index (χ0) is 19.2. The lowest BCUT2D eigenvalue weighted by atomic mass is 10.00. The quantitative estimate of drug-likeness (QED) is 0.336. The summed E-state index contributed by atoms with van der Waals surface area (Å²) in [4.78, 5) is 0.150. The standard InChI is InChI=1S/C20H22ClNO3S/c1-3-16(2)20(23)19-17(10-6-5-9-14-21)13-15-22(19)26(24,25)18-11-7-4-8-12-18/h3-4,7-8,11-13,15-16,20,23H,1,5,9,14H2,2H3. The summed E-state index contributed by atoms with van der Waals surface area (Å²) in [5, 5.41) is 10.7. The minimum atomic E-state index is -3.84. The number of aliphatic hydroxyl groups is 1. The molecule has 0 aliphatic rings. The maximum atomic E-state index is 13.0. The van der Waals surface area contributed by atoms with Crippen molar-refractivity contribution >= 4 is 21.6 Å². The Labute approximate surface area is 160 Å². The van der Waals surface area contributed by atoms with Crippen LogP contribution in [0.15, 0.2) is 60.1 Å². The number of unbranched alkanes of at least 4 members (excludes halogenated alkanes) is 1. The fourth-order valence-corrected chi connectivity index (χ4v) is 3.98. The van der Waals surface area contributed by atoms with Crippen LogP contribution >= 0.6 is 11.6 Å². The molecule has 2 atom stereocenters. The SMILES string of the molecule is C=CC(C)C(O)c1c(C#CCCCCl)ccn1S(=O)(=O)c1ccccc1. The molecule has 2 unspecified atom stereocenters. The topological polar surface area (TPSA) is 59.3 Å². The van der Waals surface area contributed by atoms with Crippen LogP contribution in [0.4, 0.5) is 0 Å². The number of hydrogen-bond acceptors (Lipinski definition) is 3. The Bertz CT molecular complexity index is 908. The lowest BCUT2D eigenvalue weighted by molar-refractivity contribution is 0.134. The Balaban J connectivity index is 2.57. The van der Waals surface area contributed by atoms with Crippen LogP contribution in [0.3, 0.4) is 0 Å². The van der Waals surface area contributed by atoms with E-state index in [-0.39, 0.29) is 16.5 Å². The van der Waals surface area contributed by atoms with Crippen molar-refractivity contribution in [3.8, 4) is 11.8 Å². The lowest BCUT2D eigenvalue weighted by Gasteiger charge is -2.19. The zero-order valence-electron chi connectivity index (χ0n) is 14.6. The van der Waals surface area contributed by atoms with Gasteiger partial charge in [-0.15, -0.1) is 18.2 Å². The number of benzene rings is 1. The molecule has 1 heterocycles. The molecule has 0 aliphatic heterocycles. The third kappa shape index (κ3) is 4.39. The van der Waals surface area contributed by atoms with Crippen LogP contribution in [0.25, 0.3) is 0 Å². The van der Waals surface area contributed by atoms with Crippen molar-refractivity contribution in [2.45, 2.75) is 30.8 Å². The second-order valence-electron chi connectivity index (χ2n) is 5.86. The molecule has 2 rings (SSSR count). The fraction of sp³-hybridized carbons (Fsp3) is 0.300. The van der Waals surface area contributed by atoms with Crippen LogP contribution < -0.4 is 0 Å². The third-order valence-corrected chi connectivity index (χ3v) is 5.97. The van der Waals surface area contributed by atoms with E-state index >= 15 is 0 Å². The molecular formula is C20H22ClNO3S. The molecule has 26 heavy (non-hydrogen) atoms. The number of aromatic nitrogens is 1. The Kier molecular flexibility index (Phi) is 7.10.